The first-order chi connectivity index (χ1) is 10.3. The van der Waals surface area contributed by atoms with Gasteiger partial charge in [-0.2, -0.15) is 0 Å². The first-order valence-corrected chi connectivity index (χ1v) is 8.35. The minimum absolute atomic E-state index is 0.159. The van der Waals surface area contributed by atoms with Gasteiger partial charge in [-0.3, -0.25) is 4.98 Å². The number of hydrogen-bond acceptors (Lipinski definition) is 3. The summed E-state index contributed by atoms with van der Waals surface area (Å²) in [4.78, 5) is 5.59. The number of aromatic nitrogens is 1. The highest BCUT2D eigenvalue weighted by atomic mass is 32.2. The number of nitrogens with zero attached hydrogens (tertiary/aromatic N) is 1. The van der Waals surface area contributed by atoms with Crippen LogP contribution in [0.5, 0.6) is 0 Å². The zero-order valence-corrected chi connectivity index (χ0v) is 12.9. The largest absolute Gasteiger partial charge is 0.302 e. The van der Waals surface area contributed by atoms with E-state index in [0.29, 0.717) is 6.04 Å². The van der Waals surface area contributed by atoms with E-state index in [-0.39, 0.29) is 11.9 Å². The van der Waals surface area contributed by atoms with Crippen LogP contribution in [0.4, 0.5) is 4.39 Å². The van der Waals surface area contributed by atoms with Crippen molar-refractivity contribution in [2.45, 2.75) is 36.7 Å². The van der Waals surface area contributed by atoms with Gasteiger partial charge in [0.1, 0.15) is 5.82 Å². The Balaban J connectivity index is 1.80. The summed E-state index contributed by atoms with van der Waals surface area (Å²) in [6.45, 7) is 2.13. The van der Waals surface area contributed by atoms with Gasteiger partial charge >= 0.3 is 0 Å². The molecule has 0 fully saturated rings. The van der Waals surface area contributed by atoms with E-state index in [1.54, 1.807) is 6.07 Å². The van der Waals surface area contributed by atoms with Crippen molar-refractivity contribution in [1.29, 1.82) is 0 Å². The van der Waals surface area contributed by atoms with Gasteiger partial charge in [-0.1, -0.05) is 25.1 Å². The van der Waals surface area contributed by atoms with E-state index in [1.807, 2.05) is 11.8 Å². The Kier molecular flexibility index (Phi) is 4.56. The van der Waals surface area contributed by atoms with Crippen LogP contribution in [0.15, 0.2) is 47.5 Å². The minimum atomic E-state index is -0.284. The summed E-state index contributed by atoms with van der Waals surface area (Å²) in [7, 11) is 0. The van der Waals surface area contributed by atoms with E-state index >= 15 is 0 Å². The second kappa shape index (κ2) is 6.58. The van der Waals surface area contributed by atoms with Crippen molar-refractivity contribution in [3.63, 3.8) is 0 Å². The van der Waals surface area contributed by atoms with E-state index in [2.05, 4.69) is 41.5 Å². The summed E-state index contributed by atoms with van der Waals surface area (Å²) in [5.74, 6) is 0.843. The molecule has 0 saturated carbocycles. The third kappa shape index (κ3) is 3.27. The number of thioether (sulfide) groups is 1. The molecule has 1 aromatic carbocycles. The van der Waals surface area contributed by atoms with Crippen LogP contribution in [-0.4, -0.2) is 10.7 Å². The fraction of sp³-hybridized carbons (Fsp3) is 0.353. The Morgan fingerprint density at radius 3 is 2.95 bits per heavy atom. The van der Waals surface area contributed by atoms with Gasteiger partial charge in [-0.15, -0.1) is 11.8 Å². The van der Waals surface area contributed by atoms with Crippen LogP contribution < -0.4 is 5.32 Å². The molecule has 0 aliphatic carbocycles. The van der Waals surface area contributed by atoms with Crippen molar-refractivity contribution in [2.24, 2.45) is 0 Å². The second-order valence-electron chi connectivity index (χ2n) is 5.26. The molecule has 110 valence electrons. The van der Waals surface area contributed by atoms with Crippen LogP contribution in [0, 0.1) is 5.82 Å². The van der Waals surface area contributed by atoms with Gasteiger partial charge in [0.25, 0.3) is 0 Å². The van der Waals surface area contributed by atoms with Gasteiger partial charge < -0.3 is 5.32 Å². The lowest BCUT2D eigenvalue weighted by atomic mass is 10.0. The molecule has 2 nitrogen and oxygen atoms in total. The average molecular weight is 302 g/mol. The quantitative estimate of drug-likeness (QED) is 0.900. The summed E-state index contributed by atoms with van der Waals surface area (Å²) in [6, 6.07) is 12.3. The number of benzene rings is 1. The molecule has 0 radical (unpaired) electrons. The monoisotopic (exact) mass is 302 g/mol. The molecule has 1 aliphatic rings. The standard InChI is InChI=1S/C17H19FN2S/c1-2-14(16-8-7-12(18)11-19-16)20-15-9-10-21-17-6-4-3-5-13(15)17/h3-8,11,14-15,20H,2,9-10H2,1H3. The normalized spacial score (nSPS) is 19.0. The molecule has 2 heterocycles. The highest BCUT2D eigenvalue weighted by molar-refractivity contribution is 7.99. The third-order valence-electron chi connectivity index (χ3n) is 3.88. The topological polar surface area (TPSA) is 24.9 Å². The fourth-order valence-corrected chi connectivity index (χ4v) is 3.89. The summed E-state index contributed by atoms with van der Waals surface area (Å²) >= 11 is 1.92. The highest BCUT2D eigenvalue weighted by Gasteiger charge is 2.23. The molecular weight excluding hydrogens is 283 g/mol. The van der Waals surface area contributed by atoms with Crippen LogP contribution in [0.3, 0.4) is 0 Å². The Bertz CT molecular complexity index is 600. The van der Waals surface area contributed by atoms with E-state index in [4.69, 9.17) is 0 Å². The summed E-state index contributed by atoms with van der Waals surface area (Å²) in [5.41, 5.74) is 2.28. The predicted octanol–water partition coefficient (Wildman–Crippen LogP) is 4.50. The third-order valence-corrected chi connectivity index (χ3v) is 5.00. The van der Waals surface area contributed by atoms with Crippen molar-refractivity contribution in [2.75, 3.05) is 5.75 Å². The van der Waals surface area contributed by atoms with E-state index < -0.39 is 0 Å². The minimum Gasteiger partial charge on any atom is -0.302 e. The number of hydrogen-bond donors (Lipinski definition) is 1. The van der Waals surface area contributed by atoms with Crippen LogP contribution in [0.1, 0.15) is 43.1 Å². The Morgan fingerprint density at radius 2 is 2.19 bits per heavy atom. The Hall–Kier alpha value is -1.39. The average Bonchev–Trinajstić information content (AvgIpc) is 2.54. The molecule has 2 unspecified atom stereocenters. The number of pyridine rings is 1. The van der Waals surface area contributed by atoms with Gasteiger partial charge in [-0.05, 0) is 42.4 Å². The summed E-state index contributed by atoms with van der Waals surface area (Å²) in [5, 5.41) is 3.70. The van der Waals surface area contributed by atoms with Crippen LogP contribution in [-0.2, 0) is 0 Å². The van der Waals surface area contributed by atoms with Gasteiger partial charge in [0.05, 0.1) is 11.9 Å². The van der Waals surface area contributed by atoms with E-state index in [0.717, 1.165) is 24.3 Å². The lowest BCUT2D eigenvalue weighted by molar-refractivity contribution is 0.413. The van der Waals surface area contributed by atoms with Crippen LogP contribution in [0.2, 0.25) is 0 Å². The van der Waals surface area contributed by atoms with Gasteiger partial charge in [-0.25, -0.2) is 4.39 Å². The number of halogens is 1. The summed E-state index contributed by atoms with van der Waals surface area (Å²) < 4.78 is 13.0. The molecule has 0 bridgehead atoms. The number of fused-ring (bicyclic) bond motifs is 1. The molecule has 1 aromatic heterocycles. The zero-order valence-electron chi connectivity index (χ0n) is 12.1. The maximum atomic E-state index is 13.0. The summed E-state index contributed by atoms with van der Waals surface area (Å²) in [6.07, 6.45) is 3.34. The fourth-order valence-electron chi connectivity index (χ4n) is 2.76. The van der Waals surface area contributed by atoms with Crippen molar-refractivity contribution in [1.82, 2.24) is 10.3 Å². The SMILES string of the molecule is CCC(NC1CCSc2ccccc21)c1ccc(F)cn1. The number of rotatable bonds is 4. The van der Waals surface area contributed by atoms with Crippen LogP contribution in [0.25, 0.3) is 0 Å². The maximum Gasteiger partial charge on any atom is 0.141 e. The molecule has 3 rings (SSSR count). The molecule has 4 heteroatoms. The number of nitrogens with one attached hydrogen (secondary N) is 1. The first-order valence-electron chi connectivity index (χ1n) is 7.37. The molecule has 2 aromatic rings. The maximum absolute atomic E-state index is 13.0. The van der Waals surface area contributed by atoms with E-state index in [1.165, 1.54) is 22.7 Å². The predicted molar refractivity (Wildman–Crippen MR) is 84.9 cm³/mol. The lowest BCUT2D eigenvalue weighted by Gasteiger charge is -2.29. The zero-order chi connectivity index (χ0) is 14.7. The Morgan fingerprint density at radius 1 is 1.33 bits per heavy atom. The second-order valence-corrected chi connectivity index (χ2v) is 6.39. The van der Waals surface area contributed by atoms with Crippen molar-refractivity contribution in [3.8, 4) is 0 Å². The first kappa shape index (κ1) is 14.5. The smallest absolute Gasteiger partial charge is 0.141 e. The highest BCUT2D eigenvalue weighted by Crippen LogP contribution is 2.37. The molecule has 2 atom stereocenters. The molecule has 1 aliphatic heterocycles. The molecular formula is C17H19FN2S. The van der Waals surface area contributed by atoms with Gasteiger partial charge in [0, 0.05) is 17.0 Å². The van der Waals surface area contributed by atoms with E-state index in [9.17, 15) is 4.39 Å². The molecule has 1 N–H and O–H groups in total. The molecule has 21 heavy (non-hydrogen) atoms. The lowest BCUT2D eigenvalue weighted by Crippen LogP contribution is -2.29. The molecule has 0 saturated heterocycles. The Labute approximate surface area is 129 Å². The van der Waals surface area contributed by atoms with Crippen molar-refractivity contribution >= 4 is 11.8 Å². The van der Waals surface area contributed by atoms with Gasteiger partial charge in [0.2, 0.25) is 0 Å². The molecule has 0 amide bonds. The van der Waals surface area contributed by atoms with Crippen molar-refractivity contribution < 1.29 is 4.39 Å². The van der Waals surface area contributed by atoms with Gasteiger partial charge in [0.15, 0.2) is 0 Å². The van der Waals surface area contributed by atoms with Crippen molar-refractivity contribution in [3.05, 3.63) is 59.7 Å². The molecule has 0 spiro atoms. The van der Waals surface area contributed by atoms with Crippen LogP contribution >= 0.6 is 11.8 Å².